The van der Waals surface area contributed by atoms with Gasteiger partial charge in [-0.05, 0) is 131 Å². The molecular weight excluding hydrogens is 1050 g/mol. The zero-order valence-corrected chi connectivity index (χ0v) is 43.2. The van der Waals surface area contributed by atoms with E-state index in [2.05, 4.69) is 181 Å². The molecule has 0 atom stereocenters. The van der Waals surface area contributed by atoms with Crippen molar-refractivity contribution < 1.29 is 29.9 Å². The Labute approximate surface area is 435 Å². The van der Waals surface area contributed by atoms with Gasteiger partial charge in [-0.3, -0.25) is 0 Å². The molecule has 0 fully saturated rings. The summed E-state index contributed by atoms with van der Waals surface area (Å²) in [5.41, 5.74) is 9.96. The van der Waals surface area contributed by atoms with Crippen LogP contribution >= 0.6 is 0 Å². The van der Waals surface area contributed by atoms with Gasteiger partial charge in [-0.2, -0.15) is 12.1 Å². The number of aromatic nitrogens is 3. The van der Waals surface area contributed by atoms with Crippen molar-refractivity contribution in [3.63, 3.8) is 0 Å². The molecule has 0 bridgehead atoms. The van der Waals surface area contributed by atoms with Crippen LogP contribution in [0.1, 0.15) is 75.2 Å². The van der Waals surface area contributed by atoms with Crippen molar-refractivity contribution in [2.75, 3.05) is 4.90 Å². The smallest absolute Gasteiger partial charge is 0.135 e. The molecule has 0 aliphatic carbocycles. The third-order valence-corrected chi connectivity index (χ3v) is 13.7. The molecule has 0 saturated heterocycles. The van der Waals surface area contributed by atoms with Gasteiger partial charge in [0.25, 0.3) is 0 Å². The zero-order valence-electron chi connectivity index (χ0n) is 43.9. The number of hydrogen-bond donors (Lipinski definition) is 0. The molecule has 0 radical (unpaired) electrons. The standard InChI is InChI=1S/C65H55N4O.Pt/c1-41(2)33-43-34-45(36-46(35-43)65(5,6)7)50-24-15-25-57-53-21-10-8-19-51(53)52-20-9-11-22-54(52)58-26-16-28-60-64(58)68(63(50)57)40-67(60)47-17-14-18-48(38-47)70-49-29-30-56-55-23-12-13-27-59(55)69(61(56)39-49)62-37-44(42(3)4)31-32-66-62;/h8-32,34-37,40-42H,33H2,1-7H3;/q-3;/i33D2,42D;. The number of anilines is 2. The Morgan fingerprint density at radius 3 is 1.97 bits per heavy atom. The molecular formula is C65H55N4OPt-3. The van der Waals surface area contributed by atoms with Crippen LogP contribution in [0.3, 0.4) is 0 Å². The molecule has 12 rings (SSSR count). The van der Waals surface area contributed by atoms with Crippen LogP contribution < -0.4 is 9.64 Å². The maximum atomic E-state index is 9.37. The van der Waals surface area contributed by atoms with Gasteiger partial charge in [-0.1, -0.05) is 175 Å². The second-order valence-corrected chi connectivity index (χ2v) is 20.0. The van der Waals surface area contributed by atoms with Gasteiger partial charge >= 0.3 is 0 Å². The second kappa shape index (κ2) is 18.1. The van der Waals surface area contributed by atoms with E-state index in [4.69, 9.17) is 11.1 Å². The topological polar surface area (TPSA) is 35.2 Å². The van der Waals surface area contributed by atoms with Crippen molar-refractivity contribution in [3.05, 3.63) is 212 Å². The van der Waals surface area contributed by atoms with Crippen molar-refractivity contribution in [1.29, 1.82) is 0 Å². The number of nitrogens with zero attached hydrogens (tertiary/aromatic N) is 4. The summed E-state index contributed by atoms with van der Waals surface area (Å²) in [6.07, 6.45) is 0.216. The first-order valence-electron chi connectivity index (χ1n) is 25.7. The average Bonchev–Trinajstić information content (AvgIpc) is 3.96. The van der Waals surface area contributed by atoms with Gasteiger partial charge in [0.15, 0.2) is 0 Å². The van der Waals surface area contributed by atoms with E-state index in [1.165, 1.54) is 0 Å². The summed E-state index contributed by atoms with van der Waals surface area (Å²) in [7, 11) is 0. The van der Waals surface area contributed by atoms with Gasteiger partial charge in [0.1, 0.15) is 5.82 Å². The zero-order chi connectivity index (χ0) is 50.6. The van der Waals surface area contributed by atoms with Crippen LogP contribution in [0.2, 0.25) is 0 Å². The van der Waals surface area contributed by atoms with Crippen LogP contribution in [0.5, 0.6) is 11.5 Å². The first-order valence-corrected chi connectivity index (χ1v) is 24.2. The normalized spacial score (nSPS) is 13.4. The Bertz CT molecular complexity index is 4100. The van der Waals surface area contributed by atoms with E-state index in [0.29, 0.717) is 22.9 Å². The quantitative estimate of drug-likeness (QED) is 0.142. The number of para-hydroxylation sites is 3. The molecule has 6 heteroatoms. The van der Waals surface area contributed by atoms with Gasteiger partial charge in [-0.25, -0.2) is 4.98 Å². The molecule has 0 amide bonds. The molecule has 354 valence electrons. The summed E-state index contributed by atoms with van der Waals surface area (Å²) in [6, 6.07) is 66.4. The summed E-state index contributed by atoms with van der Waals surface area (Å²) in [5, 5.41) is 8.76. The minimum absolute atomic E-state index is 0. The van der Waals surface area contributed by atoms with Gasteiger partial charge < -0.3 is 18.8 Å². The number of pyridine rings is 1. The Morgan fingerprint density at radius 2 is 1.27 bits per heavy atom. The molecule has 8 aromatic carbocycles. The van der Waals surface area contributed by atoms with Gasteiger partial charge in [-0.15, -0.1) is 35.7 Å². The summed E-state index contributed by atoms with van der Waals surface area (Å²) in [4.78, 5) is 7.00. The van der Waals surface area contributed by atoms with Gasteiger partial charge in [0, 0.05) is 54.1 Å². The third-order valence-electron chi connectivity index (χ3n) is 13.7. The van der Waals surface area contributed by atoms with Crippen LogP contribution in [-0.4, -0.2) is 14.1 Å². The third kappa shape index (κ3) is 8.11. The Morgan fingerprint density at radius 1 is 0.634 bits per heavy atom. The second-order valence-electron chi connectivity index (χ2n) is 20.0. The average molecular weight is 1110 g/mol. The molecule has 0 unspecified atom stereocenters. The molecule has 0 spiro atoms. The first-order chi connectivity index (χ1) is 35.0. The molecule has 11 aromatic rings. The summed E-state index contributed by atoms with van der Waals surface area (Å²) < 4.78 is 38.7. The minimum atomic E-state index is -1.56. The fourth-order valence-corrected chi connectivity index (χ4v) is 10.4. The largest absolute Gasteiger partial charge is 0.509 e. The molecule has 5 nitrogen and oxygen atoms in total. The summed E-state index contributed by atoms with van der Waals surface area (Å²) in [5.74, 6) is 0.746. The predicted molar refractivity (Wildman–Crippen MR) is 293 cm³/mol. The molecule has 0 saturated carbocycles. The number of benzene rings is 8. The SMILES string of the molecule is [2H]C(C)(C)c1ccnc(-n2c3[c-]c(Oc4[c-]c(N5[CH-]n6c7c(-c8cc(C(C)(C)C)cc(C([2H])([2H])C(C)C)c8)cccc7c7ccccc7c7ccccc7c7cccc5c76)ccc4)ccc3c3ccccc32)c1.[Pt]. The van der Waals surface area contributed by atoms with Crippen LogP contribution in [0.4, 0.5) is 11.4 Å². The first kappa shape index (κ1) is 42.5. The number of fused-ring (bicyclic) bond motifs is 10. The monoisotopic (exact) mass is 1110 g/mol. The van der Waals surface area contributed by atoms with Crippen molar-refractivity contribution in [3.8, 4) is 28.4 Å². The van der Waals surface area contributed by atoms with Crippen LogP contribution in [-0.2, 0) is 32.9 Å². The van der Waals surface area contributed by atoms with E-state index in [-0.39, 0.29) is 32.4 Å². The van der Waals surface area contributed by atoms with E-state index in [0.717, 1.165) is 98.8 Å². The predicted octanol–water partition coefficient (Wildman–Crippen LogP) is 17.5. The van der Waals surface area contributed by atoms with Crippen LogP contribution in [0.15, 0.2) is 176 Å². The minimum Gasteiger partial charge on any atom is -0.509 e. The molecule has 0 N–H and O–H groups in total. The van der Waals surface area contributed by atoms with Gasteiger partial charge in [0.2, 0.25) is 0 Å². The fraction of sp³-hybridized carbons (Fsp3) is 0.169. The Balaban J connectivity index is 0.00000588. The van der Waals surface area contributed by atoms with Gasteiger partial charge in [0.05, 0.1) is 0 Å². The molecule has 4 heterocycles. The Hall–Kier alpha value is -7.33. The summed E-state index contributed by atoms with van der Waals surface area (Å²) >= 11 is 0. The molecule has 3 aromatic heterocycles. The number of rotatable bonds is 8. The van der Waals surface area contributed by atoms with Crippen molar-refractivity contribution in [1.82, 2.24) is 14.1 Å². The van der Waals surface area contributed by atoms with Crippen LogP contribution in [0, 0.1) is 24.7 Å². The molecule has 1 aliphatic heterocycles. The van der Waals surface area contributed by atoms with E-state index in [9.17, 15) is 2.74 Å². The maximum Gasteiger partial charge on any atom is 0.135 e. The van der Waals surface area contributed by atoms with E-state index in [1.54, 1.807) is 6.20 Å². The van der Waals surface area contributed by atoms with E-state index in [1.807, 2.05) is 70.2 Å². The maximum absolute atomic E-state index is 9.37. The van der Waals surface area contributed by atoms with Crippen molar-refractivity contribution in [2.45, 2.75) is 66.1 Å². The van der Waals surface area contributed by atoms with Crippen molar-refractivity contribution >= 4 is 76.5 Å². The van der Waals surface area contributed by atoms with E-state index >= 15 is 0 Å². The molecule has 71 heavy (non-hydrogen) atoms. The fourth-order valence-electron chi connectivity index (χ4n) is 10.4. The Kier molecular flexibility index (Phi) is 10.9. The number of hydrogen-bond acceptors (Lipinski definition) is 3. The van der Waals surface area contributed by atoms with Crippen LogP contribution in [0.25, 0.3) is 82.1 Å². The van der Waals surface area contributed by atoms with Crippen molar-refractivity contribution in [2.24, 2.45) is 5.92 Å². The number of ether oxygens (including phenoxy) is 1. The van der Waals surface area contributed by atoms with E-state index < -0.39 is 12.3 Å². The summed E-state index contributed by atoms with van der Waals surface area (Å²) in [6.45, 7) is 16.5. The molecule has 1 aliphatic rings.